The molecule has 1 heterocycles. The molecule has 1 saturated heterocycles. The van der Waals surface area contributed by atoms with Gasteiger partial charge in [-0.2, -0.15) is 4.31 Å². The Balaban J connectivity index is 1.68. The summed E-state index contributed by atoms with van der Waals surface area (Å²) in [6.45, 7) is 2.10. The van der Waals surface area contributed by atoms with E-state index in [1.54, 1.807) is 12.1 Å². The number of rotatable bonds is 11. The van der Waals surface area contributed by atoms with Crippen molar-refractivity contribution >= 4 is 37.3 Å². The molecule has 226 valence electrons. The number of hydrogen-bond donors (Lipinski definition) is 1. The second kappa shape index (κ2) is 13.0. The number of carbonyl (C=O) groups is 1. The molecule has 1 aliphatic rings. The van der Waals surface area contributed by atoms with Crippen molar-refractivity contribution in [2.75, 3.05) is 63.8 Å². The molecule has 0 aliphatic carbocycles. The van der Waals surface area contributed by atoms with E-state index in [0.717, 1.165) is 9.87 Å². The van der Waals surface area contributed by atoms with Crippen LogP contribution in [0, 0.1) is 6.92 Å². The van der Waals surface area contributed by atoms with Gasteiger partial charge in [0, 0.05) is 24.8 Å². The fraction of sp³-hybridized carbons (Fsp3) is 0.321. The van der Waals surface area contributed by atoms with Gasteiger partial charge >= 0.3 is 0 Å². The first-order valence-corrected chi connectivity index (χ1v) is 15.8. The number of carbonyl (C=O) groups excluding carboxylic acids is 1. The average Bonchev–Trinajstić information content (AvgIpc) is 3.00. The van der Waals surface area contributed by atoms with Gasteiger partial charge in [0.15, 0.2) is 11.5 Å². The third-order valence-corrected chi connectivity index (χ3v) is 10.3. The third kappa shape index (κ3) is 6.62. The van der Waals surface area contributed by atoms with Gasteiger partial charge in [-0.1, -0.05) is 17.7 Å². The van der Waals surface area contributed by atoms with E-state index >= 15 is 0 Å². The highest BCUT2D eigenvalue weighted by molar-refractivity contribution is 7.92. The first kappa shape index (κ1) is 31.1. The summed E-state index contributed by atoms with van der Waals surface area (Å²) in [5.74, 6) is 0.0482. The summed E-state index contributed by atoms with van der Waals surface area (Å²) in [6.07, 6.45) is 0. The van der Waals surface area contributed by atoms with Crippen molar-refractivity contribution < 1.29 is 40.6 Å². The van der Waals surface area contributed by atoms with E-state index in [0.29, 0.717) is 5.75 Å². The van der Waals surface area contributed by atoms with E-state index in [4.69, 9.17) is 18.9 Å². The number of nitrogens with zero attached hydrogens (tertiary/aromatic N) is 2. The fourth-order valence-electron chi connectivity index (χ4n) is 4.35. The van der Waals surface area contributed by atoms with Crippen molar-refractivity contribution in [3.05, 3.63) is 66.2 Å². The molecule has 1 amide bonds. The molecule has 0 radical (unpaired) electrons. The summed E-state index contributed by atoms with van der Waals surface area (Å²) in [7, 11) is -3.96. The standard InChI is InChI=1S/C28H33N3O9S2/c1-20-5-9-23(10-6-20)41(33,34)31(22-8-12-24(37-2)26(18-22)39-4)19-28(32)29-21-7-11-25(38-3)27(17-21)42(35,36)30-13-15-40-16-14-30/h5-12,17-18H,13-16,19H2,1-4H3,(H,29,32). The van der Waals surface area contributed by atoms with E-state index < -0.39 is 32.5 Å². The van der Waals surface area contributed by atoms with E-state index in [1.807, 2.05) is 6.92 Å². The zero-order chi connectivity index (χ0) is 30.5. The molecule has 1 N–H and O–H groups in total. The molecule has 3 aromatic rings. The van der Waals surface area contributed by atoms with Crippen LogP contribution >= 0.6 is 0 Å². The maximum absolute atomic E-state index is 13.8. The molecule has 0 spiro atoms. The molecule has 4 rings (SSSR count). The van der Waals surface area contributed by atoms with Gasteiger partial charge in [-0.25, -0.2) is 16.8 Å². The van der Waals surface area contributed by atoms with Crippen LogP contribution in [0.5, 0.6) is 17.2 Å². The molecule has 14 heteroatoms. The first-order chi connectivity index (χ1) is 20.0. The monoisotopic (exact) mass is 619 g/mol. The van der Waals surface area contributed by atoms with Crippen molar-refractivity contribution in [2.45, 2.75) is 16.7 Å². The molecule has 0 unspecified atom stereocenters. The van der Waals surface area contributed by atoms with Gasteiger partial charge in [-0.05, 0) is 49.4 Å². The number of morpholine rings is 1. The number of benzene rings is 3. The fourth-order valence-corrected chi connectivity index (χ4v) is 7.35. The Kier molecular flexibility index (Phi) is 9.61. The Bertz CT molecular complexity index is 1640. The minimum absolute atomic E-state index is 0.0148. The molecule has 0 saturated carbocycles. The van der Waals surface area contributed by atoms with E-state index in [1.165, 1.54) is 74.2 Å². The summed E-state index contributed by atoms with van der Waals surface area (Å²) >= 11 is 0. The number of hydrogen-bond acceptors (Lipinski definition) is 9. The van der Waals surface area contributed by atoms with Crippen molar-refractivity contribution in [3.63, 3.8) is 0 Å². The van der Waals surface area contributed by atoms with Gasteiger partial charge in [0.2, 0.25) is 15.9 Å². The zero-order valence-corrected chi connectivity index (χ0v) is 25.3. The van der Waals surface area contributed by atoms with Crippen molar-refractivity contribution in [3.8, 4) is 17.2 Å². The minimum Gasteiger partial charge on any atom is -0.495 e. The number of sulfonamides is 2. The van der Waals surface area contributed by atoms with Crippen LogP contribution in [-0.4, -0.2) is 81.2 Å². The molecular formula is C28H33N3O9S2. The lowest BCUT2D eigenvalue weighted by Gasteiger charge is -2.27. The van der Waals surface area contributed by atoms with Crippen LogP contribution in [0.2, 0.25) is 0 Å². The number of methoxy groups -OCH3 is 3. The number of amides is 1. The average molecular weight is 620 g/mol. The second-order valence-corrected chi connectivity index (χ2v) is 13.1. The number of nitrogens with one attached hydrogen (secondary N) is 1. The van der Waals surface area contributed by atoms with Gasteiger partial charge in [0.1, 0.15) is 17.2 Å². The Hall–Kier alpha value is -3.85. The predicted octanol–water partition coefficient (Wildman–Crippen LogP) is 2.88. The number of anilines is 2. The van der Waals surface area contributed by atoms with Gasteiger partial charge < -0.3 is 24.3 Å². The quantitative estimate of drug-likeness (QED) is 0.343. The molecule has 42 heavy (non-hydrogen) atoms. The Morgan fingerprint density at radius 2 is 1.48 bits per heavy atom. The highest BCUT2D eigenvalue weighted by atomic mass is 32.2. The van der Waals surface area contributed by atoms with Crippen LogP contribution in [0.25, 0.3) is 0 Å². The second-order valence-electron chi connectivity index (χ2n) is 9.29. The van der Waals surface area contributed by atoms with Crippen molar-refractivity contribution in [1.29, 1.82) is 0 Å². The number of aryl methyl sites for hydroxylation is 1. The highest BCUT2D eigenvalue weighted by Gasteiger charge is 2.31. The van der Waals surface area contributed by atoms with E-state index in [-0.39, 0.29) is 59.0 Å². The van der Waals surface area contributed by atoms with Crippen LogP contribution in [0.4, 0.5) is 11.4 Å². The van der Waals surface area contributed by atoms with Crippen LogP contribution in [0.1, 0.15) is 5.56 Å². The lowest BCUT2D eigenvalue weighted by molar-refractivity contribution is -0.114. The zero-order valence-electron chi connectivity index (χ0n) is 23.7. The lowest BCUT2D eigenvalue weighted by atomic mass is 10.2. The topological polar surface area (TPSA) is 141 Å². The minimum atomic E-state index is -4.22. The van der Waals surface area contributed by atoms with Crippen LogP contribution < -0.4 is 23.8 Å². The van der Waals surface area contributed by atoms with E-state index in [2.05, 4.69) is 5.32 Å². The van der Waals surface area contributed by atoms with Gasteiger partial charge in [0.25, 0.3) is 10.0 Å². The normalized spacial score (nSPS) is 14.2. The van der Waals surface area contributed by atoms with Crippen LogP contribution in [0.15, 0.2) is 70.5 Å². The molecular weight excluding hydrogens is 586 g/mol. The molecule has 0 bridgehead atoms. The SMILES string of the molecule is COc1ccc(N(CC(=O)Nc2ccc(OC)c(S(=O)(=O)N3CCOCC3)c2)S(=O)(=O)c2ccc(C)cc2)cc1OC. The van der Waals surface area contributed by atoms with Gasteiger partial charge in [0.05, 0.1) is 45.1 Å². The van der Waals surface area contributed by atoms with E-state index in [9.17, 15) is 21.6 Å². The molecule has 12 nitrogen and oxygen atoms in total. The molecule has 0 atom stereocenters. The predicted molar refractivity (Wildman–Crippen MR) is 156 cm³/mol. The molecule has 1 aliphatic heterocycles. The summed E-state index contributed by atoms with van der Waals surface area (Å²) in [6, 6.07) is 14.9. The molecule has 0 aromatic heterocycles. The Labute approximate surface area is 245 Å². The van der Waals surface area contributed by atoms with Gasteiger partial charge in [-0.3, -0.25) is 9.10 Å². The Morgan fingerprint density at radius 3 is 2.10 bits per heavy atom. The molecule has 1 fully saturated rings. The van der Waals surface area contributed by atoms with Crippen LogP contribution in [0.3, 0.4) is 0 Å². The molecule has 3 aromatic carbocycles. The summed E-state index contributed by atoms with van der Waals surface area (Å²) < 4.78 is 77.7. The maximum Gasteiger partial charge on any atom is 0.264 e. The summed E-state index contributed by atoms with van der Waals surface area (Å²) in [5, 5.41) is 2.63. The van der Waals surface area contributed by atoms with Crippen LogP contribution in [-0.2, 0) is 29.6 Å². The lowest BCUT2D eigenvalue weighted by Crippen LogP contribution is -2.40. The van der Waals surface area contributed by atoms with Gasteiger partial charge in [-0.15, -0.1) is 0 Å². The van der Waals surface area contributed by atoms with Crippen molar-refractivity contribution in [2.24, 2.45) is 0 Å². The number of ether oxygens (including phenoxy) is 4. The third-order valence-electron chi connectivity index (χ3n) is 6.59. The summed E-state index contributed by atoms with van der Waals surface area (Å²) in [5.41, 5.74) is 1.17. The first-order valence-electron chi connectivity index (χ1n) is 12.9. The largest absolute Gasteiger partial charge is 0.495 e. The highest BCUT2D eigenvalue weighted by Crippen LogP contribution is 2.34. The Morgan fingerprint density at radius 1 is 0.857 bits per heavy atom. The smallest absolute Gasteiger partial charge is 0.264 e. The van der Waals surface area contributed by atoms with Crippen molar-refractivity contribution in [1.82, 2.24) is 4.31 Å². The maximum atomic E-state index is 13.8. The summed E-state index contributed by atoms with van der Waals surface area (Å²) in [4.78, 5) is 13.2.